The first kappa shape index (κ1) is 24.2. The number of benzene rings is 1. The summed E-state index contributed by atoms with van der Waals surface area (Å²) in [7, 11) is 1.01. The summed E-state index contributed by atoms with van der Waals surface area (Å²) in [6.45, 7) is 0.887. The number of fused-ring (bicyclic) bond motifs is 3. The fourth-order valence-electron chi connectivity index (χ4n) is 3.00. The number of hydrogen-bond donors (Lipinski definition) is 0. The third kappa shape index (κ3) is 4.13. The molecule has 0 fully saturated rings. The van der Waals surface area contributed by atoms with Crippen LogP contribution in [0.3, 0.4) is 0 Å². The van der Waals surface area contributed by atoms with Crippen molar-refractivity contribution in [1.29, 1.82) is 0 Å². The summed E-state index contributed by atoms with van der Waals surface area (Å²) >= 11 is 2.89. The van der Waals surface area contributed by atoms with Crippen LogP contribution < -0.4 is 9.47 Å². The lowest BCUT2D eigenvalue weighted by atomic mass is 10.2. The van der Waals surface area contributed by atoms with E-state index in [1.165, 1.54) is 0 Å². The number of ether oxygens (including phenoxy) is 3. The van der Waals surface area contributed by atoms with Crippen LogP contribution in [0.2, 0.25) is 0 Å². The number of unbranched alkanes of at least 4 members (excludes halogenated alkanes) is 1. The highest BCUT2D eigenvalue weighted by Crippen LogP contribution is 2.52. The van der Waals surface area contributed by atoms with Gasteiger partial charge in [0.05, 0.1) is 7.11 Å². The maximum Gasteiger partial charge on any atom is 0.507 e. The Balaban J connectivity index is 2.28. The molecule has 0 unspecified atom stereocenters. The van der Waals surface area contributed by atoms with Gasteiger partial charge in [-0.2, -0.15) is 30.7 Å². The predicted molar refractivity (Wildman–Crippen MR) is 97.6 cm³/mol. The summed E-state index contributed by atoms with van der Waals surface area (Å²) in [4.78, 5) is 16.4. The van der Waals surface area contributed by atoms with Crippen LogP contribution in [-0.2, 0) is 17.6 Å². The SMILES string of the molecule is CCCCN(Cn1c(C(F)(F)F)nc2c(Br)cc3c(c21)OC(F)(F)C(F)(F)O3)C(=O)OC. The van der Waals surface area contributed by atoms with Crippen LogP contribution in [0.1, 0.15) is 25.6 Å². The lowest BCUT2D eigenvalue weighted by molar-refractivity contribution is -0.391. The van der Waals surface area contributed by atoms with Gasteiger partial charge in [0.15, 0.2) is 11.5 Å². The first-order chi connectivity index (χ1) is 14.7. The Hall–Kier alpha value is -2.45. The van der Waals surface area contributed by atoms with Gasteiger partial charge in [-0.05, 0) is 22.4 Å². The Morgan fingerprint density at radius 1 is 1.25 bits per heavy atom. The third-order valence-corrected chi connectivity index (χ3v) is 5.08. The first-order valence-electron chi connectivity index (χ1n) is 9.00. The number of imidazole rings is 1. The fraction of sp³-hybridized carbons (Fsp3) is 0.529. The standard InChI is InChI=1S/C17H15BrF7N3O4/c1-3-4-5-27(14(29)30-2)7-28-11-10(26-13(28)15(19,20)21)8(18)6-9-12(11)32-17(24,25)16(22,23)31-9/h6H,3-5,7H2,1-2H3. The fourth-order valence-corrected chi connectivity index (χ4v) is 3.48. The second-order valence-electron chi connectivity index (χ2n) is 6.71. The molecule has 0 saturated heterocycles. The molecule has 1 aromatic carbocycles. The molecular weight excluding hydrogens is 523 g/mol. The van der Waals surface area contributed by atoms with Crippen LogP contribution in [0.4, 0.5) is 35.5 Å². The van der Waals surface area contributed by atoms with Crippen molar-refractivity contribution in [3.05, 3.63) is 16.4 Å². The van der Waals surface area contributed by atoms with Crippen molar-refractivity contribution in [3.63, 3.8) is 0 Å². The molecule has 0 N–H and O–H groups in total. The number of alkyl halides is 7. The molecule has 1 aliphatic heterocycles. The maximum absolute atomic E-state index is 13.8. The number of hydrogen-bond acceptors (Lipinski definition) is 5. The normalized spacial score (nSPS) is 16.8. The van der Waals surface area contributed by atoms with Gasteiger partial charge in [-0.1, -0.05) is 13.3 Å². The summed E-state index contributed by atoms with van der Waals surface area (Å²) < 4.78 is 109. The zero-order valence-corrected chi connectivity index (χ0v) is 18.0. The average molecular weight is 538 g/mol. The number of rotatable bonds is 5. The van der Waals surface area contributed by atoms with Gasteiger partial charge < -0.3 is 14.2 Å². The van der Waals surface area contributed by atoms with E-state index in [0.717, 1.165) is 18.1 Å². The van der Waals surface area contributed by atoms with E-state index in [2.05, 4.69) is 35.1 Å². The van der Waals surface area contributed by atoms with Crippen LogP contribution >= 0.6 is 15.9 Å². The van der Waals surface area contributed by atoms with Gasteiger partial charge in [-0.3, -0.25) is 9.47 Å². The topological polar surface area (TPSA) is 65.8 Å². The van der Waals surface area contributed by atoms with Gasteiger partial charge >= 0.3 is 24.5 Å². The summed E-state index contributed by atoms with van der Waals surface area (Å²) in [6, 6.07) is 0.744. The van der Waals surface area contributed by atoms with E-state index < -0.39 is 59.5 Å². The summed E-state index contributed by atoms with van der Waals surface area (Å²) in [5.74, 6) is -3.59. The minimum absolute atomic E-state index is 0.0398. The Morgan fingerprint density at radius 2 is 1.88 bits per heavy atom. The largest absolute Gasteiger partial charge is 0.507 e. The van der Waals surface area contributed by atoms with Crippen molar-refractivity contribution in [2.24, 2.45) is 0 Å². The van der Waals surface area contributed by atoms with Crippen LogP contribution in [-0.4, -0.2) is 46.4 Å². The molecule has 0 radical (unpaired) electrons. The van der Waals surface area contributed by atoms with E-state index in [-0.39, 0.29) is 11.0 Å². The Bertz CT molecular complexity index is 1040. The van der Waals surface area contributed by atoms with Gasteiger partial charge in [-0.15, -0.1) is 0 Å². The van der Waals surface area contributed by atoms with Crippen LogP contribution in [0.25, 0.3) is 11.0 Å². The van der Waals surface area contributed by atoms with E-state index in [0.29, 0.717) is 17.4 Å². The second-order valence-corrected chi connectivity index (χ2v) is 7.56. The van der Waals surface area contributed by atoms with Gasteiger partial charge in [-0.25, -0.2) is 9.78 Å². The quantitative estimate of drug-likeness (QED) is 0.464. The van der Waals surface area contributed by atoms with Crippen molar-refractivity contribution >= 4 is 33.1 Å². The van der Waals surface area contributed by atoms with Crippen molar-refractivity contribution in [3.8, 4) is 11.5 Å². The molecule has 178 valence electrons. The van der Waals surface area contributed by atoms with Gasteiger partial charge in [0, 0.05) is 17.1 Å². The molecular formula is C17H15BrF7N3O4. The van der Waals surface area contributed by atoms with Crippen LogP contribution in [0, 0.1) is 0 Å². The molecule has 0 spiro atoms. The average Bonchev–Trinajstić information content (AvgIpc) is 3.06. The maximum atomic E-state index is 13.8. The van der Waals surface area contributed by atoms with E-state index in [9.17, 15) is 35.5 Å². The van der Waals surface area contributed by atoms with E-state index in [4.69, 9.17) is 0 Å². The molecule has 1 amide bonds. The summed E-state index contributed by atoms with van der Waals surface area (Å²) in [6.07, 6.45) is -15.4. The summed E-state index contributed by atoms with van der Waals surface area (Å²) in [5, 5.41) is 0. The molecule has 1 aliphatic rings. The number of methoxy groups -OCH3 is 1. The highest BCUT2D eigenvalue weighted by molar-refractivity contribution is 9.10. The molecule has 0 saturated carbocycles. The number of carbonyl (C=O) groups is 1. The molecule has 7 nitrogen and oxygen atoms in total. The molecule has 2 heterocycles. The second kappa shape index (κ2) is 8.15. The highest BCUT2D eigenvalue weighted by Gasteiger charge is 2.66. The van der Waals surface area contributed by atoms with Crippen molar-refractivity contribution in [2.75, 3.05) is 13.7 Å². The van der Waals surface area contributed by atoms with Gasteiger partial charge in [0.25, 0.3) is 0 Å². The molecule has 3 rings (SSSR count). The lowest BCUT2D eigenvalue weighted by Gasteiger charge is -2.32. The monoisotopic (exact) mass is 537 g/mol. The zero-order valence-electron chi connectivity index (χ0n) is 16.4. The van der Waals surface area contributed by atoms with Crippen LogP contribution in [0.15, 0.2) is 10.5 Å². The molecule has 32 heavy (non-hydrogen) atoms. The van der Waals surface area contributed by atoms with Gasteiger partial charge in [0.1, 0.15) is 17.7 Å². The number of nitrogens with zero attached hydrogens (tertiary/aromatic N) is 3. The predicted octanol–water partition coefficient (Wildman–Crippen LogP) is 5.60. The van der Waals surface area contributed by atoms with Crippen LogP contribution in [0.5, 0.6) is 11.5 Å². The van der Waals surface area contributed by atoms with Crippen molar-refractivity contribution in [2.45, 2.75) is 44.8 Å². The zero-order chi connectivity index (χ0) is 24.1. The third-order valence-electron chi connectivity index (χ3n) is 4.48. The minimum atomic E-state index is -5.18. The summed E-state index contributed by atoms with van der Waals surface area (Å²) in [5.41, 5.74) is -1.23. The number of amides is 1. The molecule has 15 heteroatoms. The highest BCUT2D eigenvalue weighted by atomic mass is 79.9. The molecule has 1 aromatic heterocycles. The number of aromatic nitrogens is 2. The Labute approximate surface area is 184 Å². The molecule has 2 aromatic rings. The molecule has 0 atom stereocenters. The van der Waals surface area contributed by atoms with Gasteiger partial charge in [0.2, 0.25) is 5.82 Å². The smallest absolute Gasteiger partial charge is 0.453 e. The van der Waals surface area contributed by atoms with Crippen molar-refractivity contribution < 1.29 is 49.7 Å². The van der Waals surface area contributed by atoms with E-state index in [1.54, 1.807) is 6.92 Å². The number of halogens is 8. The molecule has 0 bridgehead atoms. The minimum Gasteiger partial charge on any atom is -0.453 e. The molecule has 0 aliphatic carbocycles. The Morgan fingerprint density at radius 3 is 2.44 bits per heavy atom. The Kier molecular flexibility index (Phi) is 6.17. The van der Waals surface area contributed by atoms with Crippen molar-refractivity contribution in [1.82, 2.24) is 14.5 Å². The van der Waals surface area contributed by atoms with E-state index >= 15 is 0 Å². The first-order valence-corrected chi connectivity index (χ1v) is 9.79. The van der Waals surface area contributed by atoms with E-state index in [1.807, 2.05) is 0 Å². The lowest BCUT2D eigenvalue weighted by Crippen LogP contribution is -2.52. The number of carbonyl (C=O) groups excluding carboxylic acids is 1.